The van der Waals surface area contributed by atoms with Crippen LogP contribution in [-0.4, -0.2) is 15.1 Å². The van der Waals surface area contributed by atoms with Crippen molar-refractivity contribution in [3.8, 4) is 0 Å². The molecule has 11 heavy (non-hydrogen) atoms. The van der Waals surface area contributed by atoms with Gasteiger partial charge in [0.2, 0.25) is 0 Å². The fraction of sp³-hybridized carbons (Fsp3) is 0.889. The molecule has 64 valence electrons. The molecule has 2 heteroatoms. The molecule has 1 fully saturated rings. The molecule has 1 aliphatic carbocycles. The van der Waals surface area contributed by atoms with Crippen LogP contribution in [0.2, 0.25) is 19.1 Å². The maximum absolute atomic E-state index is 10.4. The highest BCUT2D eigenvalue weighted by Crippen LogP contribution is 2.32. The molecule has 0 saturated heterocycles. The second kappa shape index (κ2) is 4.05. The lowest BCUT2D eigenvalue weighted by Gasteiger charge is -2.10. The summed E-state index contributed by atoms with van der Waals surface area (Å²) in [6, 6.07) is 1.45. The van der Waals surface area contributed by atoms with Gasteiger partial charge in [-0.1, -0.05) is 25.6 Å². The molecule has 0 amide bonds. The van der Waals surface area contributed by atoms with Gasteiger partial charge in [-0.05, 0) is 18.8 Å². The van der Waals surface area contributed by atoms with Crippen LogP contribution in [0.1, 0.15) is 19.3 Å². The van der Waals surface area contributed by atoms with Gasteiger partial charge in [0.25, 0.3) is 0 Å². The van der Waals surface area contributed by atoms with E-state index in [9.17, 15) is 4.79 Å². The van der Waals surface area contributed by atoms with Gasteiger partial charge in [-0.3, -0.25) is 0 Å². The summed E-state index contributed by atoms with van der Waals surface area (Å²) in [5, 5.41) is 0. The van der Waals surface area contributed by atoms with Gasteiger partial charge >= 0.3 is 0 Å². The van der Waals surface area contributed by atoms with Crippen molar-refractivity contribution in [2.75, 3.05) is 0 Å². The number of rotatable bonds is 3. The van der Waals surface area contributed by atoms with Crippen molar-refractivity contribution in [2.24, 2.45) is 11.8 Å². The number of aldehydes is 1. The number of carbonyl (C=O) groups is 1. The molecule has 0 radical (unpaired) electrons. The Bertz CT molecular complexity index is 134. The molecule has 0 aliphatic heterocycles. The number of hydrogen-bond acceptors (Lipinski definition) is 1. The predicted molar refractivity (Wildman–Crippen MR) is 50.6 cm³/mol. The smallest absolute Gasteiger partial charge is 0.123 e. The molecule has 2 unspecified atom stereocenters. The third-order valence-electron chi connectivity index (χ3n) is 2.58. The number of hydrogen-bond donors (Lipinski definition) is 0. The van der Waals surface area contributed by atoms with Crippen molar-refractivity contribution in [2.45, 2.75) is 38.4 Å². The normalized spacial score (nSPS) is 31.2. The molecule has 0 aromatic rings. The minimum atomic E-state index is -0.378. The molecular weight excluding hydrogens is 152 g/mol. The Kier molecular flexibility index (Phi) is 3.30. The third-order valence-corrected chi connectivity index (χ3v) is 4.19. The minimum Gasteiger partial charge on any atom is -0.303 e. The monoisotopic (exact) mass is 170 g/mol. The summed E-state index contributed by atoms with van der Waals surface area (Å²) in [5.74, 6) is 1.31. The molecule has 1 rings (SSSR count). The summed E-state index contributed by atoms with van der Waals surface area (Å²) < 4.78 is 0. The zero-order chi connectivity index (χ0) is 8.27. The Balaban J connectivity index is 2.24. The van der Waals surface area contributed by atoms with Gasteiger partial charge in [0.1, 0.15) is 6.29 Å². The van der Waals surface area contributed by atoms with Crippen molar-refractivity contribution in [3.05, 3.63) is 0 Å². The summed E-state index contributed by atoms with van der Waals surface area (Å²) in [4.78, 5) is 10.4. The van der Waals surface area contributed by atoms with E-state index < -0.39 is 0 Å². The van der Waals surface area contributed by atoms with E-state index >= 15 is 0 Å². The van der Waals surface area contributed by atoms with Crippen molar-refractivity contribution >= 4 is 15.1 Å². The van der Waals surface area contributed by atoms with E-state index in [2.05, 4.69) is 13.1 Å². The summed E-state index contributed by atoms with van der Waals surface area (Å²) in [5.41, 5.74) is 0. The average Bonchev–Trinajstić information content (AvgIpc) is 2.34. The van der Waals surface area contributed by atoms with Gasteiger partial charge in [0, 0.05) is 14.7 Å². The lowest BCUT2D eigenvalue weighted by Crippen LogP contribution is -2.07. The largest absolute Gasteiger partial charge is 0.303 e. The molecular formula is C9H18OSi. The van der Waals surface area contributed by atoms with Crippen molar-refractivity contribution in [1.82, 2.24) is 0 Å². The maximum Gasteiger partial charge on any atom is 0.123 e. The second-order valence-electron chi connectivity index (χ2n) is 4.20. The molecule has 0 aromatic carbocycles. The maximum atomic E-state index is 10.4. The predicted octanol–water partition coefficient (Wildman–Crippen LogP) is 2.09. The zero-order valence-corrected chi connectivity index (χ0v) is 8.70. The molecule has 1 saturated carbocycles. The Hall–Kier alpha value is -0.113. The van der Waals surface area contributed by atoms with Gasteiger partial charge in [0.15, 0.2) is 0 Å². The quantitative estimate of drug-likeness (QED) is 0.468. The Morgan fingerprint density at radius 3 is 2.64 bits per heavy atom. The van der Waals surface area contributed by atoms with Crippen LogP contribution in [-0.2, 0) is 4.79 Å². The SMILES string of the molecule is C[SiH](C)CC1CCC(C=O)C1. The lowest BCUT2D eigenvalue weighted by molar-refractivity contribution is -0.110. The number of carbonyl (C=O) groups excluding carboxylic acids is 1. The summed E-state index contributed by atoms with van der Waals surface area (Å²) in [7, 11) is -0.378. The van der Waals surface area contributed by atoms with Crippen LogP contribution in [0.5, 0.6) is 0 Å². The molecule has 0 spiro atoms. The topological polar surface area (TPSA) is 17.1 Å². The lowest BCUT2D eigenvalue weighted by atomic mass is 10.1. The van der Waals surface area contributed by atoms with Crippen LogP contribution in [0.4, 0.5) is 0 Å². The first-order chi connectivity index (χ1) is 5.22. The molecule has 1 nitrogen and oxygen atoms in total. The zero-order valence-electron chi connectivity index (χ0n) is 7.55. The van der Waals surface area contributed by atoms with Crippen LogP contribution in [0.3, 0.4) is 0 Å². The van der Waals surface area contributed by atoms with E-state index in [1.54, 1.807) is 0 Å². The second-order valence-corrected chi connectivity index (χ2v) is 7.46. The Labute approximate surface area is 70.8 Å². The highest BCUT2D eigenvalue weighted by molar-refractivity contribution is 6.55. The first kappa shape index (κ1) is 8.98. The third kappa shape index (κ3) is 2.77. The highest BCUT2D eigenvalue weighted by atomic mass is 28.3. The van der Waals surface area contributed by atoms with Gasteiger partial charge < -0.3 is 4.79 Å². The van der Waals surface area contributed by atoms with Gasteiger partial charge in [-0.15, -0.1) is 0 Å². The summed E-state index contributed by atoms with van der Waals surface area (Å²) >= 11 is 0. The highest BCUT2D eigenvalue weighted by Gasteiger charge is 2.24. The van der Waals surface area contributed by atoms with Crippen molar-refractivity contribution in [3.63, 3.8) is 0 Å². The molecule has 2 atom stereocenters. The van der Waals surface area contributed by atoms with Gasteiger partial charge in [0.05, 0.1) is 0 Å². The van der Waals surface area contributed by atoms with E-state index in [0.29, 0.717) is 5.92 Å². The van der Waals surface area contributed by atoms with E-state index in [-0.39, 0.29) is 8.80 Å². The Morgan fingerprint density at radius 1 is 1.45 bits per heavy atom. The minimum absolute atomic E-state index is 0.378. The molecule has 0 bridgehead atoms. The molecule has 0 heterocycles. The van der Waals surface area contributed by atoms with Gasteiger partial charge in [-0.2, -0.15) is 0 Å². The van der Waals surface area contributed by atoms with E-state index in [1.165, 1.54) is 18.9 Å². The van der Waals surface area contributed by atoms with Crippen LogP contribution in [0, 0.1) is 11.8 Å². The van der Waals surface area contributed by atoms with E-state index in [1.807, 2.05) is 0 Å². The van der Waals surface area contributed by atoms with Crippen LogP contribution >= 0.6 is 0 Å². The van der Waals surface area contributed by atoms with E-state index in [4.69, 9.17) is 0 Å². The summed E-state index contributed by atoms with van der Waals surface area (Å²) in [6.45, 7) is 4.79. The first-order valence-electron chi connectivity index (χ1n) is 4.67. The first-order valence-corrected chi connectivity index (χ1v) is 7.80. The van der Waals surface area contributed by atoms with Crippen LogP contribution in [0.25, 0.3) is 0 Å². The Morgan fingerprint density at radius 2 is 2.18 bits per heavy atom. The van der Waals surface area contributed by atoms with Gasteiger partial charge in [-0.25, -0.2) is 0 Å². The van der Waals surface area contributed by atoms with Crippen LogP contribution < -0.4 is 0 Å². The molecule has 1 aliphatic rings. The van der Waals surface area contributed by atoms with Crippen LogP contribution in [0.15, 0.2) is 0 Å². The van der Waals surface area contributed by atoms with Crippen molar-refractivity contribution in [1.29, 1.82) is 0 Å². The molecule has 0 N–H and O–H groups in total. The average molecular weight is 170 g/mol. The molecule has 0 aromatic heterocycles. The van der Waals surface area contributed by atoms with Crippen molar-refractivity contribution < 1.29 is 4.79 Å². The standard InChI is InChI=1S/C9H18OSi/c1-11(2)7-9-4-3-8(5-9)6-10/h6,8-9,11H,3-5,7H2,1-2H3. The van der Waals surface area contributed by atoms with E-state index in [0.717, 1.165) is 18.6 Å². The summed E-state index contributed by atoms with van der Waals surface area (Å²) in [6.07, 6.45) is 4.82. The fourth-order valence-corrected chi connectivity index (χ4v) is 3.88. The fourth-order valence-electron chi connectivity index (χ4n) is 2.12.